The van der Waals surface area contributed by atoms with E-state index in [9.17, 15) is 0 Å². The molecule has 0 aliphatic carbocycles. The van der Waals surface area contributed by atoms with E-state index >= 15 is 0 Å². The zero-order valence-corrected chi connectivity index (χ0v) is 5.91. The topological polar surface area (TPSA) is 36.1 Å². The van der Waals surface area contributed by atoms with E-state index in [1.807, 2.05) is 0 Å². The summed E-state index contributed by atoms with van der Waals surface area (Å²) in [5, 5.41) is 9.75. The molecule has 0 aromatic rings. The molecule has 0 saturated carbocycles. The van der Waals surface area contributed by atoms with Crippen molar-refractivity contribution in [3.05, 3.63) is 0 Å². The first-order chi connectivity index (χ1) is 4.43. The maximum absolute atomic E-state index is 3.30. The molecular formula is C6H15N3. The lowest BCUT2D eigenvalue weighted by Gasteiger charge is -2.25. The second-order valence-electron chi connectivity index (χ2n) is 2.35. The molecule has 0 amide bonds. The van der Waals surface area contributed by atoms with Crippen molar-refractivity contribution < 1.29 is 0 Å². The average molecular weight is 129 g/mol. The van der Waals surface area contributed by atoms with Crippen molar-refractivity contribution in [2.24, 2.45) is 0 Å². The van der Waals surface area contributed by atoms with Crippen LogP contribution in [0.2, 0.25) is 0 Å². The third kappa shape index (κ3) is 2.30. The van der Waals surface area contributed by atoms with Gasteiger partial charge in [0.05, 0.1) is 6.17 Å². The normalized spacial score (nSPS) is 22.3. The van der Waals surface area contributed by atoms with Crippen LogP contribution < -0.4 is 16.0 Å². The van der Waals surface area contributed by atoms with E-state index in [1.165, 1.54) is 12.8 Å². The van der Waals surface area contributed by atoms with Crippen LogP contribution in [0.15, 0.2) is 0 Å². The first-order valence-electron chi connectivity index (χ1n) is 3.61. The van der Waals surface area contributed by atoms with Gasteiger partial charge in [0.15, 0.2) is 0 Å². The number of hydrogen-bond acceptors (Lipinski definition) is 3. The molecule has 0 spiro atoms. The number of hydrogen-bond donors (Lipinski definition) is 3. The molecule has 1 aliphatic rings. The average Bonchev–Trinajstić information content (AvgIpc) is 1.91. The first kappa shape index (κ1) is 6.99. The summed E-state index contributed by atoms with van der Waals surface area (Å²) >= 11 is 0. The first-order valence-corrected chi connectivity index (χ1v) is 3.61. The predicted octanol–water partition coefficient (Wildman–Crippen LogP) is -0.190. The Balaban J connectivity index is 2.08. The zero-order chi connectivity index (χ0) is 6.53. The van der Waals surface area contributed by atoms with Crippen molar-refractivity contribution in [2.75, 3.05) is 13.3 Å². The van der Waals surface area contributed by atoms with Gasteiger partial charge in [0.25, 0.3) is 0 Å². The highest BCUT2D eigenvalue weighted by atomic mass is 15.3. The molecule has 1 heterocycles. The number of rotatable bonds is 2. The molecule has 1 aliphatic heterocycles. The summed E-state index contributed by atoms with van der Waals surface area (Å²) in [6, 6.07) is 0. The lowest BCUT2D eigenvalue weighted by molar-refractivity contribution is 0.320. The minimum absolute atomic E-state index is 0.538. The standard InChI is InChI=1S/C6H15N3/c1-2-3-6-8-4-7-5-9-6/h6-9H,2-5H2,1H3. The molecule has 1 fully saturated rings. The second kappa shape index (κ2) is 3.82. The lowest BCUT2D eigenvalue weighted by Crippen LogP contribution is -2.55. The fourth-order valence-corrected chi connectivity index (χ4v) is 1.02. The molecule has 0 aromatic carbocycles. The third-order valence-electron chi connectivity index (χ3n) is 1.52. The fourth-order valence-electron chi connectivity index (χ4n) is 1.02. The van der Waals surface area contributed by atoms with Gasteiger partial charge in [0, 0.05) is 13.3 Å². The summed E-state index contributed by atoms with van der Waals surface area (Å²) in [4.78, 5) is 0. The van der Waals surface area contributed by atoms with E-state index in [2.05, 4.69) is 22.9 Å². The molecule has 9 heavy (non-hydrogen) atoms. The molecular weight excluding hydrogens is 114 g/mol. The van der Waals surface area contributed by atoms with Crippen molar-refractivity contribution in [1.82, 2.24) is 16.0 Å². The van der Waals surface area contributed by atoms with Crippen LogP contribution in [0, 0.1) is 0 Å². The van der Waals surface area contributed by atoms with Gasteiger partial charge in [0.2, 0.25) is 0 Å². The van der Waals surface area contributed by atoms with Gasteiger partial charge >= 0.3 is 0 Å². The van der Waals surface area contributed by atoms with Gasteiger partial charge in [-0.3, -0.25) is 16.0 Å². The Morgan fingerprint density at radius 3 is 2.56 bits per heavy atom. The monoisotopic (exact) mass is 129 g/mol. The van der Waals surface area contributed by atoms with Crippen LogP contribution in [0.4, 0.5) is 0 Å². The van der Waals surface area contributed by atoms with E-state index in [1.54, 1.807) is 0 Å². The van der Waals surface area contributed by atoms with Gasteiger partial charge in [-0.1, -0.05) is 13.3 Å². The van der Waals surface area contributed by atoms with Gasteiger partial charge in [0.1, 0.15) is 0 Å². The molecule has 0 radical (unpaired) electrons. The maximum Gasteiger partial charge on any atom is 0.0591 e. The summed E-state index contributed by atoms with van der Waals surface area (Å²) < 4.78 is 0. The third-order valence-corrected chi connectivity index (χ3v) is 1.52. The van der Waals surface area contributed by atoms with Crippen molar-refractivity contribution in [3.63, 3.8) is 0 Å². The van der Waals surface area contributed by atoms with Crippen LogP contribution in [-0.2, 0) is 0 Å². The quantitative estimate of drug-likeness (QED) is 0.483. The molecule has 3 heteroatoms. The molecule has 54 valence electrons. The second-order valence-corrected chi connectivity index (χ2v) is 2.35. The van der Waals surface area contributed by atoms with Gasteiger partial charge in [-0.2, -0.15) is 0 Å². The lowest BCUT2D eigenvalue weighted by atomic mass is 10.3. The summed E-state index contributed by atoms with van der Waals surface area (Å²) in [6.07, 6.45) is 3.00. The van der Waals surface area contributed by atoms with E-state index in [0.717, 1.165) is 13.3 Å². The summed E-state index contributed by atoms with van der Waals surface area (Å²) in [7, 11) is 0. The smallest absolute Gasteiger partial charge is 0.0591 e. The van der Waals surface area contributed by atoms with Crippen molar-refractivity contribution in [3.8, 4) is 0 Å². The Bertz CT molecular complexity index is 65.9. The summed E-state index contributed by atoms with van der Waals surface area (Å²) in [5.41, 5.74) is 0. The Hall–Kier alpha value is -0.120. The van der Waals surface area contributed by atoms with Gasteiger partial charge < -0.3 is 0 Å². The van der Waals surface area contributed by atoms with E-state index in [4.69, 9.17) is 0 Å². The molecule has 0 aromatic heterocycles. The van der Waals surface area contributed by atoms with Crippen LogP contribution in [0.25, 0.3) is 0 Å². The van der Waals surface area contributed by atoms with Crippen LogP contribution in [0.1, 0.15) is 19.8 Å². The molecule has 1 rings (SSSR count). The van der Waals surface area contributed by atoms with Crippen LogP contribution in [0.5, 0.6) is 0 Å². The van der Waals surface area contributed by atoms with Crippen LogP contribution >= 0.6 is 0 Å². The molecule has 3 N–H and O–H groups in total. The fraction of sp³-hybridized carbons (Fsp3) is 1.00. The van der Waals surface area contributed by atoms with Crippen molar-refractivity contribution in [2.45, 2.75) is 25.9 Å². The molecule has 0 bridgehead atoms. The van der Waals surface area contributed by atoms with Gasteiger partial charge in [-0.15, -0.1) is 0 Å². The summed E-state index contributed by atoms with van der Waals surface area (Å²) in [6.45, 7) is 4.08. The van der Waals surface area contributed by atoms with Crippen LogP contribution in [-0.4, -0.2) is 19.5 Å². The maximum atomic E-state index is 3.30. The number of nitrogens with one attached hydrogen (secondary N) is 3. The Morgan fingerprint density at radius 2 is 2.00 bits per heavy atom. The molecule has 0 unspecified atom stereocenters. The largest absolute Gasteiger partial charge is 0.292 e. The van der Waals surface area contributed by atoms with E-state index < -0.39 is 0 Å². The zero-order valence-electron chi connectivity index (χ0n) is 5.91. The van der Waals surface area contributed by atoms with Crippen molar-refractivity contribution in [1.29, 1.82) is 0 Å². The van der Waals surface area contributed by atoms with E-state index in [-0.39, 0.29) is 0 Å². The Kier molecular flexibility index (Phi) is 2.97. The van der Waals surface area contributed by atoms with Gasteiger partial charge in [-0.05, 0) is 6.42 Å². The minimum Gasteiger partial charge on any atom is -0.292 e. The molecule has 0 atom stereocenters. The highest BCUT2D eigenvalue weighted by Crippen LogP contribution is 1.92. The molecule has 3 nitrogen and oxygen atoms in total. The van der Waals surface area contributed by atoms with Crippen LogP contribution in [0.3, 0.4) is 0 Å². The highest BCUT2D eigenvalue weighted by molar-refractivity contribution is 4.66. The van der Waals surface area contributed by atoms with Crippen molar-refractivity contribution >= 4 is 0 Å². The SMILES string of the molecule is CCCC1NCNCN1. The Labute approximate surface area is 56.2 Å². The molecule has 1 saturated heterocycles. The highest BCUT2D eigenvalue weighted by Gasteiger charge is 2.07. The van der Waals surface area contributed by atoms with E-state index in [0.29, 0.717) is 6.17 Å². The van der Waals surface area contributed by atoms with Gasteiger partial charge in [-0.25, -0.2) is 0 Å². The Morgan fingerprint density at radius 1 is 1.33 bits per heavy atom. The predicted molar refractivity (Wildman–Crippen MR) is 37.8 cm³/mol. The summed E-state index contributed by atoms with van der Waals surface area (Å²) in [5.74, 6) is 0. The minimum atomic E-state index is 0.538.